The van der Waals surface area contributed by atoms with Crippen LogP contribution in [0.1, 0.15) is 27.4 Å². The molecule has 1 N–H and O–H groups in total. The van der Waals surface area contributed by atoms with Gasteiger partial charge in [-0.1, -0.05) is 28.9 Å². The first kappa shape index (κ1) is 23.4. The van der Waals surface area contributed by atoms with Crippen molar-refractivity contribution in [2.75, 3.05) is 5.32 Å². The van der Waals surface area contributed by atoms with Crippen LogP contribution in [-0.2, 0) is 12.8 Å². The smallest absolute Gasteiger partial charge is 0.422 e. The lowest BCUT2D eigenvalue weighted by Gasteiger charge is -2.14. The number of carbonyl (C=O) groups excluding carboxylic acids is 1. The van der Waals surface area contributed by atoms with Gasteiger partial charge < -0.3 is 14.6 Å². The average Bonchev–Trinajstić information content (AvgIpc) is 3.08. The Balaban J connectivity index is 1.92. The van der Waals surface area contributed by atoms with Crippen molar-refractivity contribution in [2.24, 2.45) is 0 Å². The number of para-hydroxylation sites is 1. The maximum atomic E-state index is 14.0. The predicted octanol–water partition coefficient (Wildman–Crippen LogP) is 6.04. The van der Waals surface area contributed by atoms with Gasteiger partial charge in [-0.3, -0.25) is 4.79 Å². The predicted molar refractivity (Wildman–Crippen MR) is 96.3 cm³/mol. The number of aryl methyl sites for hydroxylation is 1. The van der Waals surface area contributed by atoms with Gasteiger partial charge in [-0.25, -0.2) is 17.6 Å². The van der Waals surface area contributed by atoms with Crippen molar-refractivity contribution in [3.8, 4) is 5.75 Å². The van der Waals surface area contributed by atoms with Crippen LogP contribution in [0.5, 0.6) is 5.75 Å². The monoisotopic (exact) mass is 482 g/mol. The summed E-state index contributed by atoms with van der Waals surface area (Å²) in [4.78, 5) is 12.4. The fourth-order valence-electron chi connectivity index (χ4n) is 2.61. The molecule has 0 bridgehead atoms. The second-order valence-electron chi connectivity index (χ2n) is 6.24. The first-order valence-electron chi connectivity index (χ1n) is 8.50. The second-order valence-corrected chi connectivity index (χ2v) is 6.65. The Morgan fingerprint density at radius 3 is 2.25 bits per heavy atom. The molecule has 3 rings (SSSR count). The molecule has 1 heterocycles. The molecule has 0 aliphatic rings. The summed E-state index contributed by atoms with van der Waals surface area (Å²) < 4.78 is 104. The average molecular weight is 483 g/mol. The fourth-order valence-corrected chi connectivity index (χ4v) is 2.80. The van der Waals surface area contributed by atoms with Crippen LogP contribution in [0.15, 0.2) is 28.8 Å². The molecule has 0 radical (unpaired) electrons. The molecule has 1 amide bonds. The van der Waals surface area contributed by atoms with Crippen molar-refractivity contribution in [2.45, 2.75) is 19.7 Å². The molecule has 0 atom stereocenters. The highest BCUT2D eigenvalue weighted by molar-refractivity contribution is 6.32. The van der Waals surface area contributed by atoms with Crippen molar-refractivity contribution in [3.05, 3.63) is 75.1 Å². The van der Waals surface area contributed by atoms with Crippen LogP contribution in [0, 0.1) is 30.2 Å². The molecule has 0 saturated carbocycles. The van der Waals surface area contributed by atoms with E-state index in [9.17, 15) is 35.5 Å². The normalized spacial score (nSPS) is 11.5. The minimum atomic E-state index is -5.72. The Morgan fingerprint density at radius 2 is 1.69 bits per heavy atom. The molecular weight excluding hydrogens is 473 g/mol. The number of anilines is 1. The van der Waals surface area contributed by atoms with E-state index >= 15 is 0 Å². The number of benzene rings is 2. The molecule has 0 spiro atoms. The Bertz CT molecular complexity index is 1170. The third kappa shape index (κ3) is 4.35. The first-order valence-corrected chi connectivity index (χ1v) is 8.88. The minimum absolute atomic E-state index is 0.0175. The van der Waals surface area contributed by atoms with Crippen molar-refractivity contribution in [1.29, 1.82) is 0 Å². The Morgan fingerprint density at radius 1 is 1.09 bits per heavy atom. The van der Waals surface area contributed by atoms with Crippen LogP contribution >= 0.6 is 11.6 Å². The molecule has 0 fully saturated rings. The van der Waals surface area contributed by atoms with Gasteiger partial charge in [0.1, 0.15) is 29.4 Å². The lowest BCUT2D eigenvalue weighted by molar-refractivity contribution is -0.143. The highest BCUT2D eigenvalue weighted by atomic mass is 35.5. The Hall–Kier alpha value is -3.28. The maximum absolute atomic E-state index is 14.0. The van der Waals surface area contributed by atoms with Crippen LogP contribution in [0.3, 0.4) is 0 Å². The molecule has 2 aromatic carbocycles. The number of hydrogen-bond acceptors (Lipinski definition) is 4. The SMILES string of the molecule is Cc1onc(C(=O)Nc2c(F)c(F)c(C(F)(F)F)c(F)c2F)c1COc1ccccc1Cl. The Labute approximate surface area is 179 Å². The number of hydrogen-bond donors (Lipinski definition) is 1. The van der Waals surface area contributed by atoms with Gasteiger partial charge >= 0.3 is 6.18 Å². The van der Waals surface area contributed by atoms with Gasteiger partial charge in [0.05, 0.1) is 10.6 Å². The van der Waals surface area contributed by atoms with Gasteiger partial charge in [0, 0.05) is 0 Å². The van der Waals surface area contributed by atoms with E-state index in [-0.39, 0.29) is 28.7 Å². The van der Waals surface area contributed by atoms with Crippen LogP contribution in [-0.4, -0.2) is 11.1 Å². The zero-order valence-corrected chi connectivity index (χ0v) is 16.5. The molecule has 170 valence electrons. The van der Waals surface area contributed by atoms with Gasteiger partial charge in [0.15, 0.2) is 29.0 Å². The van der Waals surface area contributed by atoms with Crippen LogP contribution in [0.25, 0.3) is 0 Å². The van der Waals surface area contributed by atoms with E-state index in [1.807, 2.05) is 0 Å². The van der Waals surface area contributed by atoms with E-state index < -0.39 is 52.3 Å². The van der Waals surface area contributed by atoms with E-state index in [0.29, 0.717) is 0 Å². The topological polar surface area (TPSA) is 64.4 Å². The zero-order valence-electron chi connectivity index (χ0n) is 15.7. The number of nitrogens with one attached hydrogen (secondary N) is 1. The highest BCUT2D eigenvalue weighted by Crippen LogP contribution is 2.38. The summed E-state index contributed by atoms with van der Waals surface area (Å²) >= 11 is 5.95. The first-order chi connectivity index (χ1) is 14.9. The second kappa shape index (κ2) is 8.69. The summed E-state index contributed by atoms with van der Waals surface area (Å²) in [6, 6.07) is 6.26. The molecule has 5 nitrogen and oxygen atoms in total. The van der Waals surface area contributed by atoms with Gasteiger partial charge in [-0.05, 0) is 19.1 Å². The van der Waals surface area contributed by atoms with Gasteiger partial charge in [-0.2, -0.15) is 13.2 Å². The van der Waals surface area contributed by atoms with Crippen molar-refractivity contribution >= 4 is 23.2 Å². The molecule has 3 aromatic rings. The molecule has 0 aliphatic carbocycles. The quantitative estimate of drug-likeness (QED) is 0.355. The third-order valence-corrected chi connectivity index (χ3v) is 4.51. The van der Waals surface area contributed by atoms with Gasteiger partial charge in [0.25, 0.3) is 5.91 Å². The lowest BCUT2D eigenvalue weighted by atomic mass is 10.1. The fraction of sp³-hybridized carbons (Fsp3) is 0.158. The molecule has 1 aromatic heterocycles. The number of alkyl halides is 3. The highest BCUT2D eigenvalue weighted by Gasteiger charge is 2.42. The number of aromatic nitrogens is 1. The van der Waals surface area contributed by atoms with Gasteiger partial charge in [-0.15, -0.1) is 0 Å². The standard InChI is InChI=1S/C19H10ClF7N2O3/c1-7-8(6-31-10-5-3-2-4-9(10)20)16(29-32-7)18(30)28-17-14(23)12(21)11(19(25,26)27)13(22)15(17)24/h2-5H,6H2,1H3,(H,28,30). The molecular formula is C19H10ClF7N2O3. The number of nitrogens with zero attached hydrogens (tertiary/aromatic N) is 1. The van der Waals surface area contributed by atoms with E-state index in [1.165, 1.54) is 24.4 Å². The molecule has 0 saturated heterocycles. The summed E-state index contributed by atoms with van der Waals surface area (Å²) in [5, 5.41) is 5.10. The number of halogens is 8. The summed E-state index contributed by atoms with van der Waals surface area (Å²) in [5.74, 6) is -11.5. The summed E-state index contributed by atoms with van der Waals surface area (Å²) in [5.41, 5.74) is -5.14. The summed E-state index contributed by atoms with van der Waals surface area (Å²) in [7, 11) is 0. The largest absolute Gasteiger partial charge is 0.487 e. The van der Waals surface area contributed by atoms with Gasteiger partial charge in [0.2, 0.25) is 0 Å². The van der Waals surface area contributed by atoms with Crippen molar-refractivity contribution < 1.29 is 44.8 Å². The number of amides is 1. The molecule has 0 aliphatic heterocycles. The van der Waals surface area contributed by atoms with E-state index in [1.54, 1.807) is 12.1 Å². The number of carbonyl (C=O) groups is 1. The molecule has 32 heavy (non-hydrogen) atoms. The lowest BCUT2D eigenvalue weighted by Crippen LogP contribution is -2.21. The van der Waals surface area contributed by atoms with E-state index in [0.717, 1.165) is 0 Å². The molecule has 13 heteroatoms. The summed E-state index contributed by atoms with van der Waals surface area (Å²) in [6.07, 6.45) is -5.72. The van der Waals surface area contributed by atoms with Crippen LogP contribution < -0.4 is 10.1 Å². The van der Waals surface area contributed by atoms with Crippen LogP contribution in [0.2, 0.25) is 5.02 Å². The van der Waals surface area contributed by atoms with Crippen LogP contribution in [0.4, 0.5) is 36.4 Å². The minimum Gasteiger partial charge on any atom is -0.487 e. The maximum Gasteiger partial charge on any atom is 0.422 e. The van der Waals surface area contributed by atoms with Crippen molar-refractivity contribution in [3.63, 3.8) is 0 Å². The zero-order chi connectivity index (χ0) is 23.8. The summed E-state index contributed by atoms with van der Waals surface area (Å²) in [6.45, 7) is 1.01. The number of rotatable bonds is 5. The van der Waals surface area contributed by atoms with E-state index in [4.69, 9.17) is 20.9 Å². The number of ether oxygens (including phenoxy) is 1. The Kier molecular flexibility index (Phi) is 6.35. The van der Waals surface area contributed by atoms with E-state index in [2.05, 4.69) is 5.16 Å². The van der Waals surface area contributed by atoms with Crippen molar-refractivity contribution in [1.82, 2.24) is 5.16 Å². The third-order valence-electron chi connectivity index (χ3n) is 4.19. The molecule has 0 unspecified atom stereocenters.